The van der Waals surface area contributed by atoms with Gasteiger partial charge in [0.1, 0.15) is 0 Å². The van der Waals surface area contributed by atoms with Crippen molar-refractivity contribution in [3.8, 4) is 0 Å². The summed E-state index contributed by atoms with van der Waals surface area (Å²) in [6, 6.07) is 7.50. The summed E-state index contributed by atoms with van der Waals surface area (Å²) in [5, 5.41) is 5.49. The molecule has 1 fully saturated rings. The molecule has 5 N–H and O–H groups in total. The largest absolute Gasteiger partial charge is 0.351 e. The van der Waals surface area contributed by atoms with Crippen molar-refractivity contribution < 1.29 is 9.59 Å². The van der Waals surface area contributed by atoms with Crippen LogP contribution in [0.2, 0.25) is 0 Å². The highest BCUT2D eigenvalue weighted by molar-refractivity contribution is 6.05. The number of carbonyl (C=O) groups excluding carboxylic acids is 2. The van der Waals surface area contributed by atoms with Gasteiger partial charge in [-0.15, -0.1) is 0 Å². The van der Waals surface area contributed by atoms with Crippen LogP contribution < -0.4 is 27.6 Å². The lowest BCUT2D eigenvalue weighted by Gasteiger charge is -2.17. The number of pyridine rings is 1. The monoisotopic (exact) mass is 436 g/mol. The second-order valence-corrected chi connectivity index (χ2v) is 7.88. The highest BCUT2D eigenvalue weighted by Crippen LogP contribution is 2.40. The van der Waals surface area contributed by atoms with Crippen LogP contribution in [-0.4, -0.2) is 26.5 Å². The molecule has 1 saturated carbocycles. The molecule has 0 aliphatic heterocycles. The Labute approximate surface area is 182 Å². The number of nitrogens with zero attached hydrogens (tertiary/aromatic N) is 2. The predicted octanol–water partition coefficient (Wildman–Crippen LogP) is 1.96. The zero-order valence-corrected chi connectivity index (χ0v) is 17.8. The van der Waals surface area contributed by atoms with Crippen LogP contribution in [0.1, 0.15) is 60.3 Å². The van der Waals surface area contributed by atoms with Gasteiger partial charge in [-0.05, 0) is 50.5 Å². The minimum absolute atomic E-state index is 0.0987. The number of fused-ring (bicyclic) bond motifs is 1. The number of hydrogen-bond donors (Lipinski definition) is 4. The molecule has 1 aliphatic carbocycles. The quantitative estimate of drug-likeness (QED) is 0.465. The first kappa shape index (κ1) is 21.3. The summed E-state index contributed by atoms with van der Waals surface area (Å²) in [5.41, 5.74) is 6.41. The molecule has 32 heavy (non-hydrogen) atoms. The van der Waals surface area contributed by atoms with E-state index in [1.54, 1.807) is 37.3 Å². The van der Waals surface area contributed by atoms with E-state index in [1.807, 2.05) is 6.92 Å². The molecule has 1 unspecified atom stereocenters. The first-order valence-electron chi connectivity index (χ1n) is 10.4. The molecule has 2 heterocycles. The van der Waals surface area contributed by atoms with E-state index in [0.29, 0.717) is 17.9 Å². The molecular weight excluding hydrogens is 412 g/mol. The summed E-state index contributed by atoms with van der Waals surface area (Å²) in [6.45, 7) is 3.91. The highest BCUT2D eigenvalue weighted by Gasteiger charge is 2.29. The van der Waals surface area contributed by atoms with Crippen LogP contribution in [-0.2, 0) is 6.54 Å². The van der Waals surface area contributed by atoms with Crippen LogP contribution in [0.5, 0.6) is 0 Å². The molecule has 0 spiro atoms. The molecule has 0 bridgehead atoms. The van der Waals surface area contributed by atoms with Gasteiger partial charge in [0.25, 0.3) is 11.5 Å². The van der Waals surface area contributed by atoms with E-state index in [1.165, 1.54) is 4.57 Å². The second-order valence-electron chi connectivity index (χ2n) is 7.88. The van der Waals surface area contributed by atoms with Crippen LogP contribution in [0.25, 0.3) is 11.0 Å². The van der Waals surface area contributed by atoms with Gasteiger partial charge in [-0.3, -0.25) is 19.1 Å². The number of anilines is 1. The second kappa shape index (κ2) is 8.29. The third-order valence-corrected chi connectivity index (χ3v) is 5.55. The molecule has 1 aromatic carbocycles. The molecule has 3 amide bonds. The van der Waals surface area contributed by atoms with E-state index >= 15 is 0 Å². The molecule has 10 heteroatoms. The Hall–Kier alpha value is -3.95. The maximum atomic E-state index is 13.2. The molecule has 1 atom stereocenters. The topological polar surface area (TPSA) is 152 Å². The smallest absolute Gasteiger partial charge is 0.329 e. The van der Waals surface area contributed by atoms with E-state index in [4.69, 9.17) is 5.73 Å². The third kappa shape index (κ3) is 4.11. The Kier molecular flexibility index (Phi) is 5.52. The van der Waals surface area contributed by atoms with Crippen LogP contribution in [0.3, 0.4) is 0 Å². The van der Waals surface area contributed by atoms with Crippen molar-refractivity contribution in [2.24, 2.45) is 5.73 Å². The fraction of sp³-hybridized carbons (Fsp3) is 0.318. The van der Waals surface area contributed by atoms with Crippen molar-refractivity contribution in [3.05, 3.63) is 68.0 Å². The van der Waals surface area contributed by atoms with Gasteiger partial charge in [0.2, 0.25) is 0 Å². The number of benzene rings is 1. The molecule has 166 valence electrons. The molecular formula is C22H24N6O4. The molecule has 0 radical (unpaired) electrons. The Morgan fingerprint density at radius 3 is 2.53 bits per heavy atom. The fourth-order valence-corrected chi connectivity index (χ4v) is 3.71. The van der Waals surface area contributed by atoms with Crippen molar-refractivity contribution in [3.63, 3.8) is 0 Å². The van der Waals surface area contributed by atoms with Crippen LogP contribution in [0.15, 0.2) is 39.9 Å². The first-order valence-corrected chi connectivity index (χ1v) is 10.4. The number of urea groups is 1. The summed E-state index contributed by atoms with van der Waals surface area (Å²) in [5.74, 6) is -0.202. The standard InChI is InChI=1S/C22H24N6O4/c1-3-28-18-17(20(30)27-22(28)32)15(10-16(26-18)13-4-5-13)19(29)24-11(2)12-6-8-14(9-7-12)25-21(23)31/h6-11,13H,3-5H2,1-2H3,(H,24,29)(H3,23,25,31)(H,27,30,32). The number of rotatable bonds is 6. The molecule has 4 rings (SSSR count). The molecule has 2 aromatic heterocycles. The fourth-order valence-electron chi connectivity index (χ4n) is 3.71. The van der Waals surface area contributed by atoms with Gasteiger partial charge in [-0.25, -0.2) is 14.6 Å². The summed E-state index contributed by atoms with van der Waals surface area (Å²) in [7, 11) is 0. The van der Waals surface area contributed by atoms with Gasteiger partial charge in [-0.1, -0.05) is 12.1 Å². The molecule has 1 aliphatic rings. The maximum Gasteiger partial charge on any atom is 0.329 e. The summed E-state index contributed by atoms with van der Waals surface area (Å²) >= 11 is 0. The summed E-state index contributed by atoms with van der Waals surface area (Å²) in [6.07, 6.45) is 1.92. The highest BCUT2D eigenvalue weighted by atomic mass is 16.2. The Bertz CT molecular complexity index is 1320. The number of H-pyrrole nitrogens is 1. The lowest BCUT2D eigenvalue weighted by Crippen LogP contribution is -2.33. The minimum Gasteiger partial charge on any atom is -0.351 e. The number of hydrogen-bond acceptors (Lipinski definition) is 5. The summed E-state index contributed by atoms with van der Waals surface area (Å²) < 4.78 is 1.37. The Morgan fingerprint density at radius 1 is 1.25 bits per heavy atom. The van der Waals surface area contributed by atoms with Crippen molar-refractivity contribution >= 4 is 28.7 Å². The van der Waals surface area contributed by atoms with E-state index < -0.39 is 23.2 Å². The number of primary amides is 1. The number of nitrogens with one attached hydrogen (secondary N) is 3. The van der Waals surface area contributed by atoms with E-state index in [9.17, 15) is 19.2 Å². The average molecular weight is 436 g/mol. The van der Waals surface area contributed by atoms with Crippen LogP contribution in [0, 0.1) is 0 Å². The zero-order chi connectivity index (χ0) is 23.0. The number of amides is 3. The normalized spacial score (nSPS) is 14.2. The number of aromatic amines is 1. The van der Waals surface area contributed by atoms with E-state index in [0.717, 1.165) is 18.4 Å². The van der Waals surface area contributed by atoms with Crippen LogP contribution in [0.4, 0.5) is 10.5 Å². The third-order valence-electron chi connectivity index (χ3n) is 5.55. The number of carbonyl (C=O) groups is 2. The van der Waals surface area contributed by atoms with Crippen molar-refractivity contribution in [2.45, 2.75) is 45.2 Å². The SMILES string of the molecule is CCn1c(=O)[nH]c(=O)c2c(C(=O)NC(C)c3ccc(NC(N)=O)cc3)cc(C3CC3)nc21. The van der Waals surface area contributed by atoms with Gasteiger partial charge in [0.15, 0.2) is 5.65 Å². The summed E-state index contributed by atoms with van der Waals surface area (Å²) in [4.78, 5) is 55.9. The number of nitrogens with two attached hydrogens (primary N) is 1. The lowest BCUT2D eigenvalue weighted by atomic mass is 10.1. The lowest BCUT2D eigenvalue weighted by molar-refractivity contribution is 0.0941. The average Bonchev–Trinajstić information content (AvgIpc) is 3.58. The number of aromatic nitrogens is 3. The van der Waals surface area contributed by atoms with Crippen LogP contribution >= 0.6 is 0 Å². The number of aryl methyl sites for hydroxylation is 1. The Balaban J connectivity index is 1.71. The van der Waals surface area contributed by atoms with Gasteiger partial charge in [0, 0.05) is 23.8 Å². The van der Waals surface area contributed by atoms with Gasteiger partial charge >= 0.3 is 11.7 Å². The molecule has 0 saturated heterocycles. The molecule has 10 nitrogen and oxygen atoms in total. The zero-order valence-electron chi connectivity index (χ0n) is 17.8. The van der Waals surface area contributed by atoms with Crippen molar-refractivity contribution in [1.82, 2.24) is 19.9 Å². The van der Waals surface area contributed by atoms with Gasteiger partial charge in [-0.2, -0.15) is 0 Å². The molecule has 3 aromatic rings. The van der Waals surface area contributed by atoms with Crippen molar-refractivity contribution in [1.29, 1.82) is 0 Å². The predicted molar refractivity (Wildman–Crippen MR) is 120 cm³/mol. The first-order chi connectivity index (χ1) is 15.3. The van der Waals surface area contributed by atoms with Gasteiger partial charge in [0.05, 0.1) is 17.0 Å². The van der Waals surface area contributed by atoms with Crippen molar-refractivity contribution in [2.75, 3.05) is 5.32 Å². The maximum absolute atomic E-state index is 13.2. The van der Waals surface area contributed by atoms with E-state index in [2.05, 4.69) is 20.6 Å². The van der Waals surface area contributed by atoms with E-state index in [-0.39, 0.29) is 28.6 Å². The Morgan fingerprint density at radius 2 is 1.94 bits per heavy atom. The minimum atomic E-state index is -0.661. The van der Waals surface area contributed by atoms with Gasteiger partial charge < -0.3 is 16.4 Å².